The minimum Gasteiger partial charge on any atom is -0.479 e. The quantitative estimate of drug-likeness (QED) is 0.836. The van der Waals surface area contributed by atoms with Crippen LogP contribution in [-0.2, 0) is 10.8 Å². The average molecular weight is 264 g/mol. The molecule has 1 atom stereocenters. The van der Waals surface area contributed by atoms with E-state index in [1.807, 2.05) is 45.0 Å². The molecular weight excluding hydrogens is 248 g/mol. The molecule has 1 aromatic carbocycles. The number of aromatic nitrogens is 2. The predicted octanol–water partition coefficient (Wildman–Crippen LogP) is 2.54. The summed E-state index contributed by atoms with van der Waals surface area (Å²) in [5, 5.41) is 10.2. The van der Waals surface area contributed by atoms with E-state index in [1.54, 1.807) is 7.11 Å². The molecule has 0 amide bonds. The van der Waals surface area contributed by atoms with Crippen molar-refractivity contribution < 1.29 is 8.95 Å². The van der Waals surface area contributed by atoms with Crippen LogP contribution in [0.5, 0.6) is 5.88 Å². The van der Waals surface area contributed by atoms with Crippen molar-refractivity contribution in [1.29, 1.82) is 0 Å². The van der Waals surface area contributed by atoms with Crippen LogP contribution < -0.4 is 4.74 Å². The summed E-state index contributed by atoms with van der Waals surface area (Å²) >= 11 is 0. The first-order valence-corrected chi connectivity index (χ1v) is 6.81. The fourth-order valence-corrected chi connectivity index (χ4v) is 2.71. The van der Waals surface area contributed by atoms with Gasteiger partial charge in [0.2, 0.25) is 5.88 Å². The molecule has 4 nitrogen and oxygen atoms in total. The van der Waals surface area contributed by atoms with Crippen LogP contribution in [0.3, 0.4) is 0 Å². The number of hydrogen-bond acceptors (Lipinski definition) is 4. The van der Waals surface area contributed by atoms with Crippen molar-refractivity contribution in [3.05, 3.63) is 24.3 Å². The highest BCUT2D eigenvalue weighted by atomic mass is 32.2. The molecule has 1 aromatic heterocycles. The lowest BCUT2D eigenvalue weighted by atomic mass is 10.2. The van der Waals surface area contributed by atoms with Crippen molar-refractivity contribution in [1.82, 2.24) is 10.2 Å². The summed E-state index contributed by atoms with van der Waals surface area (Å²) in [4.78, 5) is 0. The molecule has 0 spiro atoms. The van der Waals surface area contributed by atoms with Gasteiger partial charge in [-0.15, -0.1) is 10.2 Å². The lowest BCUT2D eigenvalue weighted by molar-refractivity contribution is 0.396. The van der Waals surface area contributed by atoms with Gasteiger partial charge in [0.25, 0.3) is 0 Å². The molecule has 0 aliphatic heterocycles. The molecule has 0 radical (unpaired) electrons. The third kappa shape index (κ3) is 2.22. The molecular formula is C13H16N2O2S. The average Bonchev–Trinajstić information content (AvgIpc) is 2.35. The molecule has 96 valence electrons. The fraction of sp³-hybridized carbons (Fsp3) is 0.385. The SMILES string of the molecule is COc1nnc(S(=O)C(C)(C)C)c2ccccc12. The Balaban J connectivity index is 2.71. The highest BCUT2D eigenvalue weighted by molar-refractivity contribution is 7.86. The van der Waals surface area contributed by atoms with Gasteiger partial charge in [-0.3, -0.25) is 4.21 Å². The third-order valence-electron chi connectivity index (χ3n) is 2.54. The Morgan fingerprint density at radius 2 is 1.72 bits per heavy atom. The third-order valence-corrected chi connectivity index (χ3v) is 4.31. The zero-order valence-electron chi connectivity index (χ0n) is 10.9. The van der Waals surface area contributed by atoms with E-state index in [0.717, 1.165) is 10.8 Å². The number of ether oxygens (including phenoxy) is 1. The molecule has 0 saturated carbocycles. The second-order valence-electron chi connectivity index (χ2n) is 4.94. The van der Waals surface area contributed by atoms with Gasteiger partial charge >= 0.3 is 0 Å². The first-order chi connectivity index (χ1) is 8.45. The van der Waals surface area contributed by atoms with Gasteiger partial charge < -0.3 is 4.74 Å². The second kappa shape index (κ2) is 4.65. The van der Waals surface area contributed by atoms with Crippen LogP contribution in [0.25, 0.3) is 10.8 Å². The van der Waals surface area contributed by atoms with Gasteiger partial charge in [0, 0.05) is 15.5 Å². The lowest BCUT2D eigenvalue weighted by Gasteiger charge is -2.18. The summed E-state index contributed by atoms with van der Waals surface area (Å²) in [5.41, 5.74) is 0. The van der Waals surface area contributed by atoms with Crippen LogP contribution in [0.2, 0.25) is 0 Å². The smallest absolute Gasteiger partial charge is 0.241 e. The van der Waals surface area contributed by atoms with E-state index in [4.69, 9.17) is 4.74 Å². The highest BCUT2D eigenvalue weighted by Gasteiger charge is 2.25. The monoisotopic (exact) mass is 264 g/mol. The Hall–Kier alpha value is -1.49. The van der Waals surface area contributed by atoms with Gasteiger partial charge in [-0.1, -0.05) is 18.2 Å². The molecule has 1 heterocycles. The fourth-order valence-electron chi connectivity index (χ4n) is 1.63. The van der Waals surface area contributed by atoms with Gasteiger partial charge in [0.05, 0.1) is 17.9 Å². The zero-order chi connectivity index (χ0) is 13.3. The van der Waals surface area contributed by atoms with E-state index in [1.165, 1.54) is 0 Å². The first-order valence-electron chi connectivity index (χ1n) is 5.66. The normalized spacial score (nSPS) is 13.6. The minimum absolute atomic E-state index is 0.369. The number of benzene rings is 1. The summed E-state index contributed by atoms with van der Waals surface area (Å²) in [6.45, 7) is 5.76. The second-order valence-corrected chi connectivity index (χ2v) is 7.09. The summed E-state index contributed by atoms with van der Waals surface area (Å²) < 4.78 is 17.3. The standard InChI is InChI=1S/C13H16N2O2S/c1-13(2,3)18(16)12-10-8-6-5-7-9(10)11(17-4)14-15-12/h5-8H,1-4H3. The predicted molar refractivity (Wildman–Crippen MR) is 72.3 cm³/mol. The Morgan fingerprint density at radius 3 is 2.28 bits per heavy atom. The Kier molecular flexibility index (Phi) is 3.34. The topological polar surface area (TPSA) is 52.1 Å². The van der Waals surface area contributed by atoms with Crippen molar-refractivity contribution >= 4 is 21.6 Å². The lowest BCUT2D eigenvalue weighted by Crippen LogP contribution is -2.23. The molecule has 0 aliphatic rings. The van der Waals surface area contributed by atoms with Crippen molar-refractivity contribution in [3.8, 4) is 5.88 Å². The maximum atomic E-state index is 12.4. The van der Waals surface area contributed by atoms with Crippen LogP contribution in [-0.4, -0.2) is 26.3 Å². The van der Waals surface area contributed by atoms with Gasteiger partial charge in [0.15, 0.2) is 5.03 Å². The van der Waals surface area contributed by atoms with Crippen molar-refractivity contribution in [2.75, 3.05) is 7.11 Å². The van der Waals surface area contributed by atoms with E-state index in [0.29, 0.717) is 10.9 Å². The van der Waals surface area contributed by atoms with E-state index >= 15 is 0 Å². The maximum absolute atomic E-state index is 12.4. The van der Waals surface area contributed by atoms with Crippen LogP contribution in [0.15, 0.2) is 29.3 Å². The number of fused-ring (bicyclic) bond motifs is 1. The zero-order valence-corrected chi connectivity index (χ0v) is 11.7. The highest BCUT2D eigenvalue weighted by Crippen LogP contribution is 2.29. The molecule has 0 bridgehead atoms. The molecule has 2 rings (SSSR count). The Morgan fingerprint density at radius 1 is 1.11 bits per heavy atom. The molecule has 0 N–H and O–H groups in total. The van der Waals surface area contributed by atoms with Crippen molar-refractivity contribution in [3.63, 3.8) is 0 Å². The molecule has 0 fully saturated rings. The van der Waals surface area contributed by atoms with Crippen LogP contribution in [0.1, 0.15) is 20.8 Å². The van der Waals surface area contributed by atoms with E-state index in [2.05, 4.69) is 10.2 Å². The summed E-state index contributed by atoms with van der Waals surface area (Å²) in [6.07, 6.45) is 0. The Labute approximate surface area is 109 Å². The number of methoxy groups -OCH3 is 1. The molecule has 2 aromatic rings. The molecule has 5 heteroatoms. The van der Waals surface area contributed by atoms with E-state index < -0.39 is 10.8 Å². The van der Waals surface area contributed by atoms with Crippen molar-refractivity contribution in [2.45, 2.75) is 30.5 Å². The molecule has 0 saturated heterocycles. The van der Waals surface area contributed by atoms with E-state index in [9.17, 15) is 4.21 Å². The van der Waals surface area contributed by atoms with Crippen LogP contribution >= 0.6 is 0 Å². The largest absolute Gasteiger partial charge is 0.479 e. The van der Waals surface area contributed by atoms with Gasteiger partial charge in [-0.2, -0.15) is 0 Å². The van der Waals surface area contributed by atoms with Crippen LogP contribution in [0, 0.1) is 0 Å². The van der Waals surface area contributed by atoms with Gasteiger partial charge in [-0.05, 0) is 26.8 Å². The Bertz CT molecular complexity index is 605. The van der Waals surface area contributed by atoms with Gasteiger partial charge in [-0.25, -0.2) is 0 Å². The van der Waals surface area contributed by atoms with Crippen molar-refractivity contribution in [2.24, 2.45) is 0 Å². The number of rotatable bonds is 2. The number of nitrogens with zero attached hydrogens (tertiary/aromatic N) is 2. The summed E-state index contributed by atoms with van der Waals surface area (Å²) in [6, 6.07) is 7.58. The molecule has 18 heavy (non-hydrogen) atoms. The molecule has 0 aliphatic carbocycles. The molecule has 1 unspecified atom stereocenters. The van der Waals surface area contributed by atoms with Crippen LogP contribution in [0.4, 0.5) is 0 Å². The number of hydrogen-bond donors (Lipinski definition) is 0. The van der Waals surface area contributed by atoms with E-state index in [-0.39, 0.29) is 4.75 Å². The summed E-state index contributed by atoms with van der Waals surface area (Å²) in [5.74, 6) is 0.459. The minimum atomic E-state index is -1.21. The first kappa shape index (κ1) is 13.0. The maximum Gasteiger partial charge on any atom is 0.241 e. The van der Waals surface area contributed by atoms with Gasteiger partial charge in [0.1, 0.15) is 0 Å². The summed E-state index contributed by atoms with van der Waals surface area (Å²) in [7, 11) is 0.338.